The topological polar surface area (TPSA) is 40.5 Å². The number of hydrogen-bond acceptors (Lipinski definition) is 2. The SMILES string of the molecule is CC(C)(CBP(I)C(C)(CO)c1ccccc1)CC(C)(Cl)CC(C)(Cl)CC(C)(C)P(I)BC(C)(CO)c1ccccc1. The Balaban J connectivity index is 2.04. The molecule has 0 bridgehead atoms. The highest BCUT2D eigenvalue weighted by molar-refractivity contribution is 14.2. The van der Waals surface area contributed by atoms with Crippen molar-refractivity contribution in [2.45, 2.75) is 106 Å². The van der Waals surface area contributed by atoms with E-state index in [2.05, 4.69) is 148 Å². The summed E-state index contributed by atoms with van der Waals surface area (Å²) >= 11 is 19.9. The van der Waals surface area contributed by atoms with Crippen molar-refractivity contribution >= 4 is 92.2 Å². The minimum atomic E-state index is -0.457. The van der Waals surface area contributed by atoms with Crippen LogP contribution in [0.3, 0.4) is 0 Å². The Bertz CT molecular complexity index is 1110. The number of halogens is 4. The van der Waals surface area contributed by atoms with Gasteiger partial charge in [0.15, 0.2) is 14.0 Å². The molecule has 0 aliphatic rings. The minimum absolute atomic E-state index is 0.0172. The summed E-state index contributed by atoms with van der Waals surface area (Å²) in [5, 5.41) is 20.3. The fourth-order valence-corrected chi connectivity index (χ4v) is 16.3. The van der Waals surface area contributed by atoms with Crippen molar-refractivity contribution in [2.24, 2.45) is 5.41 Å². The molecule has 2 aromatic carbocycles. The Hall–Kier alpha value is 1.39. The third kappa shape index (κ3) is 11.6. The van der Waals surface area contributed by atoms with Crippen LogP contribution < -0.4 is 0 Å². The highest BCUT2D eigenvalue weighted by Crippen LogP contribution is 2.63. The molecule has 0 amide bonds. The van der Waals surface area contributed by atoms with Gasteiger partial charge in [0.2, 0.25) is 0 Å². The molecular weight excluding hydrogens is 825 g/mol. The van der Waals surface area contributed by atoms with Gasteiger partial charge in [0.05, 0.1) is 6.61 Å². The summed E-state index contributed by atoms with van der Waals surface area (Å²) in [6.07, 6.45) is 3.51. The molecule has 2 N–H and O–H groups in total. The Morgan fingerprint density at radius 2 is 1.14 bits per heavy atom. The van der Waals surface area contributed by atoms with Gasteiger partial charge in [-0.1, -0.05) is 157 Å². The van der Waals surface area contributed by atoms with Crippen molar-refractivity contribution in [3.63, 3.8) is 0 Å². The molecular formula is C32H50B2Cl2I2O2P2. The predicted octanol–water partition coefficient (Wildman–Crippen LogP) is 10.6. The van der Waals surface area contributed by atoms with E-state index >= 15 is 0 Å². The van der Waals surface area contributed by atoms with Crippen LogP contribution in [-0.2, 0) is 10.5 Å². The first-order valence-electron chi connectivity index (χ1n) is 14.8. The molecule has 0 spiro atoms. The second-order valence-electron chi connectivity index (χ2n) is 14.6. The first-order valence-corrected chi connectivity index (χ1v) is 24.2. The van der Waals surface area contributed by atoms with E-state index < -0.39 is 20.6 Å². The largest absolute Gasteiger partial charge is 0.396 e. The van der Waals surface area contributed by atoms with Crippen LogP contribution in [-0.4, -0.2) is 52.3 Å². The van der Waals surface area contributed by atoms with Gasteiger partial charge in [0, 0.05) is 21.5 Å². The van der Waals surface area contributed by atoms with Crippen LogP contribution in [0.2, 0.25) is 6.32 Å². The van der Waals surface area contributed by atoms with Gasteiger partial charge >= 0.3 is 0 Å². The van der Waals surface area contributed by atoms with Gasteiger partial charge < -0.3 is 10.2 Å². The van der Waals surface area contributed by atoms with Gasteiger partial charge in [-0.3, -0.25) is 0 Å². The van der Waals surface area contributed by atoms with Crippen LogP contribution in [0.25, 0.3) is 0 Å². The van der Waals surface area contributed by atoms with E-state index in [1.54, 1.807) is 0 Å². The summed E-state index contributed by atoms with van der Waals surface area (Å²) in [6.45, 7) is 20.3. The molecule has 2 nitrogen and oxygen atoms in total. The van der Waals surface area contributed by atoms with Crippen LogP contribution in [0.5, 0.6) is 0 Å². The van der Waals surface area contributed by atoms with Crippen LogP contribution in [0.15, 0.2) is 60.7 Å². The van der Waals surface area contributed by atoms with Gasteiger partial charge in [0.1, 0.15) is 0 Å². The van der Waals surface area contributed by atoms with E-state index in [-0.39, 0.29) is 34.3 Å². The standard InChI is InChI=1S/C32H50B2Cl2I2O2P2/c1-27(2,22-33-42(38)32(8,24-40)26-17-13-10-14-18-26)19-29(5,35)21-30(6,36)20-28(3,4)41(37)34-31(7,23-39)25-15-11-9-12-16-25/h9-18,33-34,39-40H,19-24H2,1-8H3. The van der Waals surface area contributed by atoms with E-state index in [4.69, 9.17) is 23.2 Å². The second-order valence-corrected chi connectivity index (χ2v) is 27.8. The van der Waals surface area contributed by atoms with Crippen LogP contribution in [0.4, 0.5) is 0 Å². The van der Waals surface area contributed by atoms with Crippen LogP contribution >= 0.6 is 78.2 Å². The minimum Gasteiger partial charge on any atom is -0.396 e. The van der Waals surface area contributed by atoms with Gasteiger partial charge in [-0.25, -0.2) is 0 Å². The monoisotopic (exact) mass is 874 g/mol. The zero-order valence-electron chi connectivity index (χ0n) is 26.7. The predicted molar refractivity (Wildman–Crippen MR) is 213 cm³/mol. The molecule has 0 heterocycles. The molecule has 234 valence electrons. The number of hydrogen-bond donors (Lipinski definition) is 2. The molecule has 6 unspecified atom stereocenters. The van der Waals surface area contributed by atoms with Crippen LogP contribution in [0, 0.1) is 5.41 Å². The Labute approximate surface area is 296 Å². The molecule has 2 aromatic rings. The van der Waals surface area contributed by atoms with Gasteiger partial charge in [-0.2, -0.15) is 0 Å². The molecule has 6 atom stereocenters. The summed E-state index contributed by atoms with van der Waals surface area (Å²) in [6, 6.07) is 20.8. The van der Waals surface area contributed by atoms with E-state index in [1.165, 1.54) is 11.1 Å². The maximum Gasteiger partial charge on any atom is 0.180 e. The molecule has 0 aliphatic carbocycles. The number of alkyl halides is 2. The molecule has 0 fully saturated rings. The molecule has 0 saturated carbocycles. The second kappa shape index (κ2) is 16.0. The average Bonchev–Trinajstić information content (AvgIpc) is 2.90. The third-order valence-corrected chi connectivity index (χ3v) is 23.2. The summed E-state index contributed by atoms with van der Waals surface area (Å²) in [4.78, 5) is -0.871. The Morgan fingerprint density at radius 1 is 0.667 bits per heavy atom. The van der Waals surface area contributed by atoms with Gasteiger partial charge in [-0.05, 0) is 67.0 Å². The normalized spacial score (nSPS) is 19.9. The summed E-state index contributed by atoms with van der Waals surface area (Å²) in [7, 11) is 0. The van der Waals surface area contributed by atoms with Crippen molar-refractivity contribution < 1.29 is 10.2 Å². The quantitative estimate of drug-likeness (QED) is 0.0720. The summed E-state index contributed by atoms with van der Waals surface area (Å²) in [5.74, 6) is 0. The average molecular weight is 875 g/mol. The molecule has 0 aliphatic heterocycles. The number of aliphatic hydroxyl groups is 2. The first-order chi connectivity index (χ1) is 19.2. The smallest absolute Gasteiger partial charge is 0.180 e. The van der Waals surface area contributed by atoms with E-state index in [9.17, 15) is 10.2 Å². The lowest BCUT2D eigenvalue weighted by atomic mass is 9.65. The molecule has 10 heteroatoms. The summed E-state index contributed by atoms with van der Waals surface area (Å²) in [5.41, 5.74) is 1.54. The summed E-state index contributed by atoms with van der Waals surface area (Å²) < 4.78 is 0. The Morgan fingerprint density at radius 3 is 1.62 bits per heavy atom. The highest BCUT2D eigenvalue weighted by Gasteiger charge is 2.44. The lowest BCUT2D eigenvalue weighted by molar-refractivity contribution is 0.253. The zero-order chi connectivity index (χ0) is 32.0. The van der Waals surface area contributed by atoms with Gasteiger partial charge in [-0.15, -0.1) is 23.2 Å². The maximum absolute atomic E-state index is 10.4. The van der Waals surface area contributed by atoms with E-state index in [0.717, 1.165) is 39.6 Å². The lowest BCUT2D eigenvalue weighted by Crippen LogP contribution is -2.40. The molecule has 0 aromatic heterocycles. The molecule has 0 radical (unpaired) electrons. The van der Waals surface area contributed by atoms with Crippen molar-refractivity contribution in [2.75, 3.05) is 13.2 Å². The fourth-order valence-electron chi connectivity index (χ4n) is 6.31. The fraction of sp³-hybridized carbons (Fsp3) is 0.625. The molecule has 2 rings (SSSR count). The van der Waals surface area contributed by atoms with Gasteiger partial charge in [0.25, 0.3) is 0 Å². The first kappa shape index (κ1) is 39.6. The zero-order valence-corrected chi connectivity index (χ0v) is 34.3. The number of rotatable bonds is 17. The van der Waals surface area contributed by atoms with E-state index in [0.29, 0.717) is 0 Å². The number of aliphatic hydroxyl groups excluding tert-OH is 2. The van der Waals surface area contributed by atoms with Crippen molar-refractivity contribution in [1.82, 2.24) is 0 Å². The molecule has 42 heavy (non-hydrogen) atoms. The maximum atomic E-state index is 10.4. The molecule has 0 saturated heterocycles. The van der Waals surface area contributed by atoms with Crippen molar-refractivity contribution in [3.05, 3.63) is 71.8 Å². The number of benzene rings is 2. The third-order valence-electron chi connectivity index (χ3n) is 8.57. The van der Waals surface area contributed by atoms with Crippen molar-refractivity contribution in [1.29, 1.82) is 0 Å². The Kier molecular flexibility index (Phi) is 15.1. The highest BCUT2D eigenvalue weighted by atomic mass is 127. The van der Waals surface area contributed by atoms with E-state index in [1.807, 2.05) is 12.1 Å². The van der Waals surface area contributed by atoms with Crippen molar-refractivity contribution in [3.8, 4) is 0 Å². The van der Waals surface area contributed by atoms with Crippen LogP contribution in [0.1, 0.15) is 85.8 Å². The lowest BCUT2D eigenvalue weighted by Gasteiger charge is -2.43.